The summed E-state index contributed by atoms with van der Waals surface area (Å²) in [6.45, 7) is 4.20. The Morgan fingerprint density at radius 3 is 1.45 bits per heavy atom. The lowest BCUT2D eigenvalue weighted by atomic mass is 10.1. The molecule has 0 unspecified atom stereocenters. The highest BCUT2D eigenvalue weighted by Gasteiger charge is 2.04. The van der Waals surface area contributed by atoms with Gasteiger partial charge in [0.25, 0.3) is 0 Å². The Kier molecular flexibility index (Phi) is 9.29. The van der Waals surface area contributed by atoms with Crippen molar-refractivity contribution in [1.29, 1.82) is 0 Å². The second-order valence-corrected chi connectivity index (χ2v) is 6.63. The van der Waals surface area contributed by atoms with E-state index in [1.54, 1.807) is 12.4 Å². The van der Waals surface area contributed by atoms with Gasteiger partial charge in [-0.15, -0.1) is 0 Å². The Hall–Kier alpha value is -3.28. The summed E-state index contributed by atoms with van der Waals surface area (Å²) in [5.74, 6) is -0.447. The smallest absolute Gasteiger partial charge is 0.240 e. The van der Waals surface area contributed by atoms with Gasteiger partial charge >= 0.3 is 0 Å². The number of nitrogens with one attached hydrogen (secondary N) is 2. The summed E-state index contributed by atoms with van der Waals surface area (Å²) >= 11 is 0. The summed E-state index contributed by atoms with van der Waals surface area (Å²) in [6.07, 6.45) is 6.05. The molecule has 0 aliphatic carbocycles. The molecular weight excluding hydrogens is 364 g/mol. The maximum atomic E-state index is 11.8. The lowest BCUT2D eigenvalue weighted by molar-refractivity contribution is -0.122. The number of benzene rings is 2. The van der Waals surface area contributed by atoms with E-state index in [0.29, 0.717) is 6.42 Å². The topological polar surface area (TPSA) is 82.9 Å². The van der Waals surface area contributed by atoms with Gasteiger partial charge < -0.3 is 0 Å². The van der Waals surface area contributed by atoms with Crippen molar-refractivity contribution in [1.82, 2.24) is 10.9 Å². The number of carbonyl (C=O) groups excluding carboxylic acids is 2. The third-order valence-corrected chi connectivity index (χ3v) is 4.39. The molecule has 6 nitrogen and oxygen atoms in total. The average Bonchev–Trinajstić information content (AvgIpc) is 2.75. The molecule has 0 bridgehead atoms. The zero-order chi connectivity index (χ0) is 20.9. The number of carbonyl (C=O) groups is 2. The van der Waals surface area contributed by atoms with Crippen molar-refractivity contribution in [2.45, 2.75) is 46.0 Å². The van der Waals surface area contributed by atoms with Crippen LogP contribution in [0.25, 0.3) is 0 Å². The van der Waals surface area contributed by atoms with Gasteiger partial charge in [0.2, 0.25) is 11.8 Å². The van der Waals surface area contributed by atoms with E-state index in [4.69, 9.17) is 0 Å². The van der Waals surface area contributed by atoms with Gasteiger partial charge in [0.1, 0.15) is 0 Å². The minimum absolute atomic E-state index is 0.223. The lowest BCUT2D eigenvalue weighted by Gasteiger charge is -2.01. The van der Waals surface area contributed by atoms with Gasteiger partial charge in [-0.2, -0.15) is 10.2 Å². The highest BCUT2D eigenvalue weighted by atomic mass is 16.2. The number of aryl methyl sites for hydroxylation is 2. The molecule has 2 aromatic rings. The molecule has 0 aromatic heterocycles. The summed E-state index contributed by atoms with van der Waals surface area (Å²) in [6, 6.07) is 16.0. The van der Waals surface area contributed by atoms with Crippen LogP contribution in [0.5, 0.6) is 0 Å². The lowest BCUT2D eigenvalue weighted by Crippen LogP contribution is -2.20. The SMILES string of the molecule is CCc1ccc(/C=N/NC(=O)CCCC(=O)N/N=C/c2ccc(CC)cc2)cc1. The zero-order valence-corrected chi connectivity index (χ0v) is 17.0. The molecule has 2 rings (SSSR count). The molecule has 29 heavy (non-hydrogen) atoms. The molecule has 0 saturated heterocycles. The Bertz CT molecular complexity index is 769. The number of hydrogen-bond donors (Lipinski definition) is 2. The largest absolute Gasteiger partial charge is 0.273 e. The van der Waals surface area contributed by atoms with E-state index in [-0.39, 0.29) is 24.7 Å². The van der Waals surface area contributed by atoms with Crippen molar-refractivity contribution >= 4 is 24.2 Å². The van der Waals surface area contributed by atoms with Gasteiger partial charge in [-0.05, 0) is 41.5 Å². The fourth-order valence-electron chi connectivity index (χ4n) is 2.56. The maximum Gasteiger partial charge on any atom is 0.240 e. The fourth-order valence-corrected chi connectivity index (χ4v) is 2.56. The number of hydrogen-bond acceptors (Lipinski definition) is 4. The number of rotatable bonds is 10. The first-order valence-electron chi connectivity index (χ1n) is 9.92. The molecule has 0 aliphatic rings. The molecule has 0 radical (unpaired) electrons. The number of amides is 2. The van der Waals surface area contributed by atoms with Crippen molar-refractivity contribution < 1.29 is 9.59 Å². The fraction of sp³-hybridized carbons (Fsp3) is 0.304. The second kappa shape index (κ2) is 12.2. The Morgan fingerprint density at radius 1 is 0.724 bits per heavy atom. The molecule has 0 aliphatic heterocycles. The van der Waals surface area contributed by atoms with Gasteiger partial charge in [0, 0.05) is 12.8 Å². The first-order valence-corrected chi connectivity index (χ1v) is 9.92. The molecule has 2 N–H and O–H groups in total. The van der Waals surface area contributed by atoms with Gasteiger partial charge in [-0.1, -0.05) is 62.4 Å². The molecule has 0 fully saturated rings. The predicted molar refractivity (Wildman–Crippen MR) is 117 cm³/mol. The normalized spacial score (nSPS) is 11.1. The molecule has 0 saturated carbocycles. The Morgan fingerprint density at radius 2 is 1.10 bits per heavy atom. The minimum atomic E-state index is -0.223. The summed E-state index contributed by atoms with van der Waals surface area (Å²) < 4.78 is 0. The number of hydrazone groups is 2. The monoisotopic (exact) mass is 392 g/mol. The molecule has 2 aromatic carbocycles. The van der Waals surface area contributed by atoms with E-state index < -0.39 is 0 Å². The van der Waals surface area contributed by atoms with E-state index in [0.717, 1.165) is 24.0 Å². The van der Waals surface area contributed by atoms with Crippen LogP contribution in [0.2, 0.25) is 0 Å². The van der Waals surface area contributed by atoms with Crippen molar-refractivity contribution in [3.8, 4) is 0 Å². The summed E-state index contributed by atoms with van der Waals surface area (Å²) in [5, 5.41) is 7.88. The first-order chi connectivity index (χ1) is 14.1. The van der Waals surface area contributed by atoms with Gasteiger partial charge in [-0.3, -0.25) is 9.59 Å². The minimum Gasteiger partial charge on any atom is -0.273 e. The van der Waals surface area contributed by atoms with Crippen LogP contribution < -0.4 is 10.9 Å². The van der Waals surface area contributed by atoms with Crippen LogP contribution in [0.4, 0.5) is 0 Å². The van der Waals surface area contributed by atoms with E-state index in [2.05, 4.69) is 34.9 Å². The summed E-state index contributed by atoms with van der Waals surface area (Å²) in [4.78, 5) is 23.6. The van der Waals surface area contributed by atoms with E-state index in [1.165, 1.54) is 11.1 Å². The first kappa shape index (κ1) is 22.0. The second-order valence-electron chi connectivity index (χ2n) is 6.63. The van der Waals surface area contributed by atoms with Crippen LogP contribution in [-0.4, -0.2) is 24.2 Å². The van der Waals surface area contributed by atoms with Crippen LogP contribution in [0.15, 0.2) is 58.7 Å². The molecule has 0 spiro atoms. The van der Waals surface area contributed by atoms with E-state index >= 15 is 0 Å². The van der Waals surface area contributed by atoms with Gasteiger partial charge in [0.15, 0.2) is 0 Å². The zero-order valence-electron chi connectivity index (χ0n) is 17.0. The van der Waals surface area contributed by atoms with Crippen LogP contribution in [-0.2, 0) is 22.4 Å². The highest BCUT2D eigenvalue weighted by Crippen LogP contribution is 2.04. The van der Waals surface area contributed by atoms with Crippen LogP contribution in [0.1, 0.15) is 55.4 Å². The van der Waals surface area contributed by atoms with Crippen molar-refractivity contribution in [2.24, 2.45) is 10.2 Å². The summed E-state index contributed by atoms with van der Waals surface area (Å²) in [7, 11) is 0. The van der Waals surface area contributed by atoms with Crippen LogP contribution in [0.3, 0.4) is 0 Å². The predicted octanol–water partition coefficient (Wildman–Crippen LogP) is 3.58. The standard InChI is InChI=1S/C23H28N4O2/c1-3-18-8-12-20(13-9-18)16-24-26-22(28)6-5-7-23(29)27-25-17-21-14-10-19(4-2)11-15-21/h8-17H,3-7H2,1-2H3,(H,26,28)(H,27,29)/b24-16+,25-17+. The Balaban J connectivity index is 1.62. The van der Waals surface area contributed by atoms with Crippen LogP contribution >= 0.6 is 0 Å². The number of nitrogens with zero attached hydrogens (tertiary/aromatic N) is 2. The molecule has 2 amide bonds. The van der Waals surface area contributed by atoms with E-state index in [9.17, 15) is 9.59 Å². The van der Waals surface area contributed by atoms with Crippen molar-refractivity contribution in [3.05, 3.63) is 70.8 Å². The van der Waals surface area contributed by atoms with Gasteiger partial charge in [0.05, 0.1) is 12.4 Å². The molecule has 0 heterocycles. The summed E-state index contributed by atoms with van der Waals surface area (Å²) in [5.41, 5.74) is 9.30. The molecule has 6 heteroatoms. The Labute approximate surface area is 172 Å². The van der Waals surface area contributed by atoms with Crippen molar-refractivity contribution in [2.75, 3.05) is 0 Å². The van der Waals surface area contributed by atoms with Crippen LogP contribution in [0, 0.1) is 0 Å². The quantitative estimate of drug-likeness (QED) is 0.478. The third-order valence-electron chi connectivity index (χ3n) is 4.39. The average molecular weight is 393 g/mol. The highest BCUT2D eigenvalue weighted by molar-refractivity contribution is 5.84. The third kappa shape index (κ3) is 8.51. The van der Waals surface area contributed by atoms with Crippen molar-refractivity contribution in [3.63, 3.8) is 0 Å². The maximum absolute atomic E-state index is 11.8. The molecule has 0 atom stereocenters. The van der Waals surface area contributed by atoms with E-state index in [1.807, 2.05) is 48.5 Å². The van der Waals surface area contributed by atoms with Gasteiger partial charge in [-0.25, -0.2) is 10.9 Å². The molecule has 152 valence electrons. The molecular formula is C23H28N4O2.